The van der Waals surface area contributed by atoms with Crippen molar-refractivity contribution in [3.63, 3.8) is 0 Å². The smallest absolute Gasteiger partial charge is 0.221 e. The molecule has 0 amide bonds. The average molecular weight is 702 g/mol. The second-order valence-electron chi connectivity index (χ2n) is 14.3. The number of nitrogens with zero attached hydrogens (tertiary/aromatic N) is 5. The third kappa shape index (κ3) is 4.41. The maximum absolute atomic E-state index is 5.42. The van der Waals surface area contributed by atoms with Gasteiger partial charge in [-0.15, -0.1) is 0 Å². The molecule has 4 heterocycles. The monoisotopic (exact) mass is 701 g/mol. The number of fused-ring (bicyclic) bond motifs is 11. The molecule has 5 heteroatoms. The van der Waals surface area contributed by atoms with Gasteiger partial charge in [-0.2, -0.15) is 0 Å². The molecule has 0 saturated heterocycles. The lowest BCUT2D eigenvalue weighted by Gasteiger charge is -2.14. The molecule has 0 atom stereocenters. The van der Waals surface area contributed by atoms with Crippen LogP contribution in [0.15, 0.2) is 188 Å². The molecule has 12 aromatic rings. The number of rotatable bonds is 4. The molecule has 4 aromatic heterocycles. The molecule has 0 aliphatic carbocycles. The van der Waals surface area contributed by atoms with Gasteiger partial charge in [-0.1, -0.05) is 121 Å². The molecule has 0 aliphatic heterocycles. The molecule has 0 aliphatic rings. The fourth-order valence-corrected chi connectivity index (χ4v) is 8.71. The molecule has 8 aromatic carbocycles. The van der Waals surface area contributed by atoms with E-state index in [1.165, 1.54) is 43.8 Å². The summed E-state index contributed by atoms with van der Waals surface area (Å²) in [5, 5.41) is 5.82. The average Bonchev–Trinajstić information content (AvgIpc) is 3.91. The van der Waals surface area contributed by atoms with Crippen molar-refractivity contribution < 1.29 is 0 Å². The normalized spacial score (nSPS) is 12.0. The zero-order chi connectivity index (χ0) is 36.0. The number of hydrogen-bond donors (Lipinski definition) is 0. The quantitative estimate of drug-likeness (QED) is 0.183. The Kier molecular flexibility index (Phi) is 6.27. The summed E-state index contributed by atoms with van der Waals surface area (Å²) >= 11 is 0. The predicted octanol–water partition coefficient (Wildman–Crippen LogP) is 12.6. The SMILES string of the molecule is c1ccc(-c2ccc3c(c2)c2cc(-c4ccccc4)ccc2n3-c2ccc3c4ccccc4n(-c4nc5ccccc5c5nc6ccccc6n45)c3c2)cc1. The Labute approximate surface area is 315 Å². The Morgan fingerprint density at radius 1 is 0.309 bits per heavy atom. The molecule has 55 heavy (non-hydrogen) atoms. The van der Waals surface area contributed by atoms with Gasteiger partial charge in [0.15, 0.2) is 0 Å². The first-order valence-electron chi connectivity index (χ1n) is 18.7. The van der Waals surface area contributed by atoms with E-state index in [0.717, 1.165) is 61.3 Å². The maximum Gasteiger partial charge on any atom is 0.221 e. The highest BCUT2D eigenvalue weighted by atomic mass is 15.2. The molecule has 0 spiro atoms. The highest BCUT2D eigenvalue weighted by molar-refractivity contribution is 6.13. The van der Waals surface area contributed by atoms with Crippen LogP contribution in [0.25, 0.3) is 105 Å². The Morgan fingerprint density at radius 3 is 1.55 bits per heavy atom. The molecular weight excluding hydrogens is 671 g/mol. The Bertz CT molecular complexity index is 3380. The number of benzene rings is 8. The molecule has 0 fully saturated rings. The molecule has 12 rings (SSSR count). The summed E-state index contributed by atoms with van der Waals surface area (Å²) in [5.41, 5.74) is 14.2. The van der Waals surface area contributed by atoms with E-state index in [1.54, 1.807) is 0 Å². The van der Waals surface area contributed by atoms with Gasteiger partial charge in [-0.25, -0.2) is 9.97 Å². The van der Waals surface area contributed by atoms with E-state index in [9.17, 15) is 0 Å². The van der Waals surface area contributed by atoms with Crippen LogP contribution in [0.5, 0.6) is 0 Å². The van der Waals surface area contributed by atoms with Crippen molar-refractivity contribution in [2.75, 3.05) is 0 Å². The first-order valence-corrected chi connectivity index (χ1v) is 18.7. The molecule has 0 N–H and O–H groups in total. The van der Waals surface area contributed by atoms with E-state index in [4.69, 9.17) is 9.97 Å². The Balaban J connectivity index is 1.17. The minimum Gasteiger partial charge on any atom is -0.309 e. The van der Waals surface area contributed by atoms with E-state index < -0.39 is 0 Å². The number of hydrogen-bond acceptors (Lipinski definition) is 2. The van der Waals surface area contributed by atoms with Crippen LogP contribution in [0.1, 0.15) is 0 Å². The lowest BCUT2D eigenvalue weighted by atomic mass is 10.0. The third-order valence-corrected chi connectivity index (χ3v) is 11.2. The molecule has 5 nitrogen and oxygen atoms in total. The van der Waals surface area contributed by atoms with Gasteiger partial charge >= 0.3 is 0 Å². The minimum absolute atomic E-state index is 0.813. The largest absolute Gasteiger partial charge is 0.309 e. The molecular formula is C50H31N5. The van der Waals surface area contributed by atoms with Crippen molar-refractivity contribution in [2.24, 2.45) is 0 Å². The van der Waals surface area contributed by atoms with Gasteiger partial charge in [-0.3, -0.25) is 8.97 Å². The lowest BCUT2D eigenvalue weighted by molar-refractivity contribution is 0.978. The van der Waals surface area contributed by atoms with E-state index >= 15 is 0 Å². The zero-order valence-corrected chi connectivity index (χ0v) is 29.6. The Hall–Kier alpha value is -7.50. The Morgan fingerprint density at radius 2 is 0.855 bits per heavy atom. The number of para-hydroxylation sites is 4. The predicted molar refractivity (Wildman–Crippen MR) is 228 cm³/mol. The van der Waals surface area contributed by atoms with Crippen molar-refractivity contribution in [2.45, 2.75) is 0 Å². The summed E-state index contributed by atoms with van der Waals surface area (Å²) in [5.74, 6) is 0.813. The van der Waals surface area contributed by atoms with Gasteiger partial charge in [-0.05, 0) is 89.0 Å². The van der Waals surface area contributed by atoms with Crippen LogP contribution in [0.4, 0.5) is 0 Å². The summed E-state index contributed by atoms with van der Waals surface area (Å²) in [4.78, 5) is 10.6. The summed E-state index contributed by atoms with van der Waals surface area (Å²) in [6.45, 7) is 0. The van der Waals surface area contributed by atoms with E-state index in [0.29, 0.717) is 0 Å². The first kappa shape index (κ1) is 30.0. The third-order valence-electron chi connectivity index (χ3n) is 11.2. The summed E-state index contributed by atoms with van der Waals surface area (Å²) < 4.78 is 6.98. The second-order valence-corrected chi connectivity index (χ2v) is 14.3. The maximum atomic E-state index is 5.42. The van der Waals surface area contributed by atoms with Crippen molar-refractivity contribution >= 4 is 71.2 Å². The van der Waals surface area contributed by atoms with E-state index in [-0.39, 0.29) is 0 Å². The summed E-state index contributed by atoms with van der Waals surface area (Å²) in [7, 11) is 0. The van der Waals surface area contributed by atoms with Gasteiger partial charge in [0.25, 0.3) is 0 Å². The van der Waals surface area contributed by atoms with Crippen LogP contribution in [-0.4, -0.2) is 23.5 Å². The van der Waals surface area contributed by atoms with Crippen molar-refractivity contribution in [3.8, 4) is 33.9 Å². The topological polar surface area (TPSA) is 40.0 Å². The lowest BCUT2D eigenvalue weighted by Crippen LogP contribution is -2.06. The van der Waals surface area contributed by atoms with Crippen molar-refractivity contribution in [1.82, 2.24) is 23.5 Å². The standard InChI is InChI=1S/C50H31N5/c1-3-13-32(14-4-1)34-23-27-45-40(29-34)41-30-35(33-15-5-2-6-16-33)24-28-46(41)53(45)36-25-26-38-37-17-8-11-21-44(37)54(48(38)31-36)50-52-42-19-9-7-18-39(42)49-51-43-20-10-12-22-47(43)55(49)50/h1-31H. The van der Waals surface area contributed by atoms with Gasteiger partial charge in [0.2, 0.25) is 5.95 Å². The van der Waals surface area contributed by atoms with Crippen LogP contribution in [0.3, 0.4) is 0 Å². The van der Waals surface area contributed by atoms with Crippen LogP contribution < -0.4 is 0 Å². The molecule has 0 unspecified atom stereocenters. The van der Waals surface area contributed by atoms with Gasteiger partial charge in [0.05, 0.1) is 38.6 Å². The number of aromatic nitrogens is 5. The van der Waals surface area contributed by atoms with Crippen LogP contribution >= 0.6 is 0 Å². The highest BCUT2D eigenvalue weighted by Gasteiger charge is 2.21. The van der Waals surface area contributed by atoms with Crippen molar-refractivity contribution in [3.05, 3.63) is 188 Å². The van der Waals surface area contributed by atoms with Gasteiger partial charge in [0.1, 0.15) is 5.65 Å². The van der Waals surface area contributed by atoms with Gasteiger partial charge in [0, 0.05) is 32.6 Å². The minimum atomic E-state index is 0.813. The molecule has 256 valence electrons. The van der Waals surface area contributed by atoms with Gasteiger partial charge < -0.3 is 4.57 Å². The zero-order valence-electron chi connectivity index (χ0n) is 29.6. The highest BCUT2D eigenvalue weighted by Crippen LogP contribution is 2.40. The van der Waals surface area contributed by atoms with Crippen molar-refractivity contribution in [1.29, 1.82) is 0 Å². The van der Waals surface area contributed by atoms with Crippen LogP contribution in [0, 0.1) is 0 Å². The fourth-order valence-electron chi connectivity index (χ4n) is 8.71. The summed E-state index contributed by atoms with van der Waals surface area (Å²) in [6, 6.07) is 67.3. The van der Waals surface area contributed by atoms with E-state index in [2.05, 4.69) is 196 Å². The fraction of sp³-hybridized carbons (Fsp3) is 0. The molecule has 0 saturated carbocycles. The summed E-state index contributed by atoms with van der Waals surface area (Å²) in [6.07, 6.45) is 0. The first-order chi connectivity index (χ1) is 27.3. The second kappa shape index (κ2) is 11.5. The van der Waals surface area contributed by atoms with Crippen LogP contribution in [-0.2, 0) is 0 Å². The van der Waals surface area contributed by atoms with E-state index in [1.807, 2.05) is 6.07 Å². The molecule has 0 bridgehead atoms. The molecule has 0 radical (unpaired) electrons. The van der Waals surface area contributed by atoms with Crippen LogP contribution in [0.2, 0.25) is 0 Å². The number of imidazole rings is 1.